The molecule has 0 atom stereocenters. The molecular weight excluding hydrogens is 397 g/mol. The molecule has 2 aliphatic rings. The highest BCUT2D eigenvalue weighted by atomic mass is 19.4. The van der Waals surface area contributed by atoms with Crippen LogP contribution in [0.5, 0.6) is 0 Å². The van der Waals surface area contributed by atoms with Crippen LogP contribution in [-0.4, -0.2) is 42.1 Å². The van der Waals surface area contributed by atoms with Gasteiger partial charge in [-0.2, -0.15) is 13.2 Å². The lowest BCUT2D eigenvalue weighted by atomic mass is 9.85. The van der Waals surface area contributed by atoms with Crippen molar-refractivity contribution >= 4 is 23.3 Å². The van der Waals surface area contributed by atoms with Crippen LogP contribution in [-0.2, 0) is 11.0 Å². The number of para-hydroxylation sites is 2. The maximum Gasteiger partial charge on any atom is 0.418 e. The fourth-order valence-corrected chi connectivity index (χ4v) is 4.15. The Balaban J connectivity index is 1.47. The Hall–Kier alpha value is -3.23. The van der Waals surface area contributed by atoms with Crippen LogP contribution < -0.4 is 15.5 Å². The van der Waals surface area contributed by atoms with Crippen LogP contribution in [0, 0.1) is 0 Å². The van der Waals surface area contributed by atoms with Crippen molar-refractivity contribution in [3.63, 3.8) is 0 Å². The number of hydrogen-bond donors (Lipinski definition) is 2. The zero-order chi connectivity index (χ0) is 21.4. The second kappa shape index (κ2) is 7.55. The maximum atomic E-state index is 13.2. The van der Waals surface area contributed by atoms with Crippen molar-refractivity contribution in [3.8, 4) is 0 Å². The molecule has 0 bridgehead atoms. The normalized spacial score (nSPS) is 18.4. The van der Waals surface area contributed by atoms with Gasteiger partial charge < -0.3 is 20.4 Å². The van der Waals surface area contributed by atoms with E-state index < -0.39 is 23.3 Å². The third kappa shape index (κ3) is 3.55. The van der Waals surface area contributed by atoms with Crippen LogP contribution in [0.4, 0.5) is 29.3 Å². The van der Waals surface area contributed by atoms with Gasteiger partial charge in [0.1, 0.15) is 5.54 Å². The molecular formula is C21H21F3N4O2. The molecule has 0 aromatic heterocycles. The molecule has 2 fully saturated rings. The van der Waals surface area contributed by atoms with E-state index in [0.29, 0.717) is 19.5 Å². The number of hydrogen-bond acceptors (Lipinski definition) is 3. The summed E-state index contributed by atoms with van der Waals surface area (Å²) in [5.74, 6) is -0.0890. The number of carbonyl (C=O) groups excluding carboxylic acids is 2. The van der Waals surface area contributed by atoms with E-state index in [-0.39, 0.29) is 24.7 Å². The fourth-order valence-electron chi connectivity index (χ4n) is 4.15. The van der Waals surface area contributed by atoms with E-state index in [0.717, 1.165) is 11.8 Å². The van der Waals surface area contributed by atoms with Gasteiger partial charge in [0.15, 0.2) is 0 Å². The Morgan fingerprint density at radius 3 is 2.30 bits per heavy atom. The number of halogens is 3. The minimum atomic E-state index is -4.56. The first-order valence-corrected chi connectivity index (χ1v) is 9.64. The number of piperidine rings is 1. The highest BCUT2D eigenvalue weighted by molar-refractivity contribution is 5.94. The molecule has 2 aromatic carbocycles. The molecule has 3 amide bonds. The Kier molecular flexibility index (Phi) is 5.05. The molecule has 0 unspecified atom stereocenters. The van der Waals surface area contributed by atoms with Gasteiger partial charge in [0.05, 0.1) is 17.9 Å². The van der Waals surface area contributed by atoms with Gasteiger partial charge in [-0.3, -0.25) is 4.79 Å². The first-order valence-electron chi connectivity index (χ1n) is 9.64. The number of benzene rings is 2. The van der Waals surface area contributed by atoms with E-state index in [2.05, 4.69) is 10.6 Å². The molecule has 2 saturated heterocycles. The smallest absolute Gasteiger partial charge is 0.339 e. The van der Waals surface area contributed by atoms with E-state index in [4.69, 9.17) is 0 Å². The van der Waals surface area contributed by atoms with E-state index in [9.17, 15) is 22.8 Å². The van der Waals surface area contributed by atoms with Crippen molar-refractivity contribution in [1.29, 1.82) is 0 Å². The Labute approximate surface area is 171 Å². The quantitative estimate of drug-likeness (QED) is 0.782. The second-order valence-corrected chi connectivity index (χ2v) is 7.42. The molecule has 158 valence electrons. The molecule has 9 heteroatoms. The summed E-state index contributed by atoms with van der Waals surface area (Å²) >= 11 is 0. The summed E-state index contributed by atoms with van der Waals surface area (Å²) in [6, 6.07) is 13.8. The summed E-state index contributed by atoms with van der Waals surface area (Å²) in [4.78, 5) is 28.7. The van der Waals surface area contributed by atoms with Gasteiger partial charge in [0.25, 0.3) is 0 Å². The standard InChI is InChI=1S/C21H21F3N4O2/c22-21(23,24)16-8-4-5-9-17(16)26-19(30)27-12-10-20(11-13-27)18(29)25-14-28(20)15-6-2-1-3-7-15/h1-9H,10-14H2,(H,25,29)(H,26,30). The number of amides is 3. The van der Waals surface area contributed by atoms with E-state index in [1.807, 2.05) is 35.2 Å². The number of anilines is 2. The number of nitrogens with zero attached hydrogens (tertiary/aromatic N) is 2. The molecule has 6 nitrogen and oxygen atoms in total. The highest BCUT2D eigenvalue weighted by Crippen LogP contribution is 2.37. The third-order valence-electron chi connectivity index (χ3n) is 5.76. The fraction of sp³-hybridized carbons (Fsp3) is 0.333. The van der Waals surface area contributed by atoms with Crippen molar-refractivity contribution in [2.75, 3.05) is 30.0 Å². The van der Waals surface area contributed by atoms with Crippen molar-refractivity contribution in [2.45, 2.75) is 24.6 Å². The van der Waals surface area contributed by atoms with Crippen LogP contribution in [0.15, 0.2) is 54.6 Å². The molecule has 0 aliphatic carbocycles. The van der Waals surface area contributed by atoms with Gasteiger partial charge in [0.2, 0.25) is 5.91 Å². The zero-order valence-electron chi connectivity index (χ0n) is 16.1. The summed E-state index contributed by atoms with van der Waals surface area (Å²) in [7, 11) is 0. The Bertz CT molecular complexity index is 941. The first kappa shape index (κ1) is 20.1. The van der Waals surface area contributed by atoms with Gasteiger partial charge in [-0.05, 0) is 37.1 Å². The van der Waals surface area contributed by atoms with Crippen LogP contribution in [0.2, 0.25) is 0 Å². The minimum Gasteiger partial charge on any atom is -0.339 e. The molecule has 2 heterocycles. The van der Waals surface area contributed by atoms with Gasteiger partial charge in [-0.25, -0.2) is 4.79 Å². The highest BCUT2D eigenvalue weighted by Gasteiger charge is 2.50. The van der Waals surface area contributed by atoms with Crippen molar-refractivity contribution in [2.24, 2.45) is 0 Å². The lowest BCUT2D eigenvalue weighted by Crippen LogP contribution is -2.57. The van der Waals surface area contributed by atoms with Crippen LogP contribution in [0.3, 0.4) is 0 Å². The first-order chi connectivity index (χ1) is 14.3. The molecule has 4 rings (SSSR count). The summed E-state index contributed by atoms with van der Waals surface area (Å²) < 4.78 is 39.5. The molecule has 2 aromatic rings. The largest absolute Gasteiger partial charge is 0.418 e. The summed E-state index contributed by atoms with van der Waals surface area (Å²) in [5.41, 5.74) is -1.02. The van der Waals surface area contributed by atoms with Crippen LogP contribution in [0.25, 0.3) is 0 Å². The third-order valence-corrected chi connectivity index (χ3v) is 5.76. The van der Waals surface area contributed by atoms with Gasteiger partial charge in [-0.1, -0.05) is 30.3 Å². The average Bonchev–Trinajstić information content (AvgIpc) is 3.04. The number of carbonyl (C=O) groups is 2. The molecule has 0 saturated carbocycles. The molecule has 2 N–H and O–H groups in total. The van der Waals surface area contributed by atoms with Gasteiger partial charge in [0, 0.05) is 18.8 Å². The number of likely N-dealkylation sites (tertiary alicyclic amines) is 1. The SMILES string of the molecule is O=C(Nc1ccccc1C(F)(F)F)N1CCC2(CC1)C(=O)NCN2c1ccccc1. The van der Waals surface area contributed by atoms with Crippen molar-refractivity contribution in [1.82, 2.24) is 10.2 Å². The van der Waals surface area contributed by atoms with E-state index in [1.165, 1.54) is 23.1 Å². The van der Waals surface area contributed by atoms with Crippen LogP contribution in [0.1, 0.15) is 18.4 Å². The van der Waals surface area contributed by atoms with Crippen LogP contribution >= 0.6 is 0 Å². The zero-order valence-corrected chi connectivity index (χ0v) is 16.1. The Morgan fingerprint density at radius 1 is 1.00 bits per heavy atom. The number of alkyl halides is 3. The number of urea groups is 1. The minimum absolute atomic E-state index is 0.0890. The maximum absolute atomic E-state index is 13.2. The average molecular weight is 418 g/mol. The predicted octanol–water partition coefficient (Wildman–Crippen LogP) is 3.67. The second-order valence-electron chi connectivity index (χ2n) is 7.42. The van der Waals surface area contributed by atoms with Crippen molar-refractivity contribution < 1.29 is 22.8 Å². The van der Waals surface area contributed by atoms with Crippen molar-refractivity contribution in [3.05, 3.63) is 60.2 Å². The number of rotatable bonds is 2. The monoisotopic (exact) mass is 418 g/mol. The van der Waals surface area contributed by atoms with Gasteiger partial charge in [-0.15, -0.1) is 0 Å². The summed E-state index contributed by atoms with van der Waals surface area (Å²) in [6.45, 7) is 0.904. The lowest BCUT2D eigenvalue weighted by molar-refractivity contribution is -0.137. The summed E-state index contributed by atoms with van der Waals surface area (Å²) in [6.07, 6.45) is -3.78. The lowest BCUT2D eigenvalue weighted by Gasteiger charge is -2.43. The summed E-state index contributed by atoms with van der Waals surface area (Å²) in [5, 5.41) is 5.25. The van der Waals surface area contributed by atoms with E-state index in [1.54, 1.807) is 0 Å². The molecule has 2 aliphatic heterocycles. The Morgan fingerprint density at radius 2 is 1.63 bits per heavy atom. The van der Waals surface area contributed by atoms with E-state index >= 15 is 0 Å². The predicted molar refractivity (Wildman–Crippen MR) is 106 cm³/mol. The molecule has 30 heavy (non-hydrogen) atoms. The molecule has 0 radical (unpaired) electrons. The molecule has 1 spiro atoms. The van der Waals surface area contributed by atoms with Gasteiger partial charge >= 0.3 is 12.2 Å². The number of nitrogens with one attached hydrogen (secondary N) is 2. The topological polar surface area (TPSA) is 64.7 Å².